The van der Waals surface area contributed by atoms with Gasteiger partial charge >= 0.3 is 0 Å². The van der Waals surface area contributed by atoms with Crippen molar-refractivity contribution in [2.75, 3.05) is 20.7 Å². The molecule has 0 radical (unpaired) electrons. The van der Waals surface area contributed by atoms with Crippen molar-refractivity contribution < 1.29 is 14.3 Å². The van der Waals surface area contributed by atoms with Gasteiger partial charge in [-0.25, -0.2) is 0 Å². The largest absolute Gasteiger partial charge is 0.493 e. The molecule has 2 rings (SSSR count). The lowest BCUT2D eigenvalue weighted by atomic mass is 10.2. The second-order valence-electron chi connectivity index (χ2n) is 5.99. The fraction of sp³-hybridized carbons (Fsp3) is 0.611. The van der Waals surface area contributed by atoms with E-state index < -0.39 is 0 Å². The summed E-state index contributed by atoms with van der Waals surface area (Å²) in [6, 6.07) is 5.85. The number of nitrogens with one attached hydrogen (secondary N) is 2. The first-order valence-corrected chi connectivity index (χ1v) is 8.48. The first-order chi connectivity index (χ1) is 11.2. The Balaban J connectivity index is 1.90. The summed E-state index contributed by atoms with van der Waals surface area (Å²) in [5, 5.41) is 5.99. The number of carbonyl (C=O) groups is 1. The van der Waals surface area contributed by atoms with Gasteiger partial charge in [0.15, 0.2) is 11.5 Å². The molecule has 1 aliphatic carbocycles. The minimum absolute atomic E-state index is 0.0781. The summed E-state index contributed by atoms with van der Waals surface area (Å²) in [6.07, 6.45) is 6.36. The predicted molar refractivity (Wildman–Crippen MR) is 90.9 cm³/mol. The molecule has 0 unspecified atom stereocenters. The third kappa shape index (κ3) is 5.75. The highest BCUT2D eigenvalue weighted by molar-refractivity contribution is 5.75. The molecule has 23 heavy (non-hydrogen) atoms. The molecule has 0 bridgehead atoms. The van der Waals surface area contributed by atoms with E-state index in [1.807, 2.05) is 25.2 Å². The minimum atomic E-state index is 0.0781. The van der Waals surface area contributed by atoms with E-state index >= 15 is 0 Å². The van der Waals surface area contributed by atoms with Gasteiger partial charge in [0.05, 0.1) is 13.2 Å². The van der Waals surface area contributed by atoms with Crippen LogP contribution in [0.4, 0.5) is 0 Å². The van der Waals surface area contributed by atoms with Crippen LogP contribution in [0.2, 0.25) is 0 Å². The van der Waals surface area contributed by atoms with E-state index in [1.54, 1.807) is 7.11 Å². The molecule has 0 atom stereocenters. The monoisotopic (exact) mass is 320 g/mol. The van der Waals surface area contributed by atoms with Crippen molar-refractivity contribution >= 4 is 5.91 Å². The Kier molecular flexibility index (Phi) is 7.20. The Morgan fingerprint density at radius 3 is 2.74 bits per heavy atom. The molecule has 128 valence electrons. The van der Waals surface area contributed by atoms with Crippen LogP contribution in [0.25, 0.3) is 0 Å². The van der Waals surface area contributed by atoms with Crippen LogP contribution in [-0.4, -0.2) is 32.7 Å². The highest BCUT2D eigenvalue weighted by Gasteiger charge is 2.18. The van der Waals surface area contributed by atoms with Gasteiger partial charge in [0, 0.05) is 13.0 Å². The average molecular weight is 320 g/mol. The number of hydrogen-bond acceptors (Lipinski definition) is 4. The molecule has 2 N–H and O–H groups in total. The summed E-state index contributed by atoms with van der Waals surface area (Å²) in [5.41, 5.74) is 1.03. The Hall–Kier alpha value is -1.75. The van der Waals surface area contributed by atoms with Gasteiger partial charge in [-0.05, 0) is 63.4 Å². The first kappa shape index (κ1) is 17.6. The highest BCUT2D eigenvalue weighted by Crippen LogP contribution is 2.32. The number of rotatable bonds is 9. The molecule has 0 spiro atoms. The van der Waals surface area contributed by atoms with Crippen molar-refractivity contribution in [2.24, 2.45) is 0 Å². The third-order valence-electron chi connectivity index (χ3n) is 4.14. The average Bonchev–Trinajstić information content (AvgIpc) is 3.06. The summed E-state index contributed by atoms with van der Waals surface area (Å²) in [6.45, 7) is 1.37. The van der Waals surface area contributed by atoms with Crippen LogP contribution in [0.3, 0.4) is 0 Å². The second kappa shape index (κ2) is 9.40. The highest BCUT2D eigenvalue weighted by atomic mass is 16.5. The van der Waals surface area contributed by atoms with E-state index in [0.717, 1.165) is 42.9 Å². The van der Waals surface area contributed by atoms with E-state index in [4.69, 9.17) is 9.47 Å². The standard InChI is InChI=1S/C18H28N2O3/c1-19-11-5-8-18(21)20-13-14-9-10-16(22-2)17(12-14)23-15-6-3-4-7-15/h9-10,12,15,19H,3-8,11,13H2,1-2H3,(H,20,21). The number of hydrogen-bond donors (Lipinski definition) is 2. The fourth-order valence-electron chi connectivity index (χ4n) is 2.82. The molecule has 1 aliphatic rings. The lowest BCUT2D eigenvalue weighted by Crippen LogP contribution is -2.23. The number of methoxy groups -OCH3 is 1. The smallest absolute Gasteiger partial charge is 0.220 e. The van der Waals surface area contributed by atoms with Crippen LogP contribution >= 0.6 is 0 Å². The topological polar surface area (TPSA) is 59.6 Å². The van der Waals surface area contributed by atoms with Gasteiger partial charge in [-0.2, -0.15) is 0 Å². The molecular formula is C18H28N2O3. The second-order valence-corrected chi connectivity index (χ2v) is 5.99. The number of amides is 1. The van der Waals surface area contributed by atoms with Gasteiger partial charge in [-0.15, -0.1) is 0 Å². The zero-order valence-corrected chi connectivity index (χ0v) is 14.2. The van der Waals surface area contributed by atoms with Gasteiger partial charge in [0.2, 0.25) is 5.91 Å². The summed E-state index contributed by atoms with van der Waals surface area (Å²) < 4.78 is 11.5. The van der Waals surface area contributed by atoms with Crippen LogP contribution in [-0.2, 0) is 11.3 Å². The molecule has 1 amide bonds. The normalized spacial score (nSPS) is 14.7. The number of carbonyl (C=O) groups excluding carboxylic acids is 1. The van der Waals surface area contributed by atoms with Gasteiger partial charge < -0.3 is 20.1 Å². The van der Waals surface area contributed by atoms with Crippen molar-refractivity contribution in [3.63, 3.8) is 0 Å². The van der Waals surface area contributed by atoms with Crippen molar-refractivity contribution in [1.29, 1.82) is 0 Å². The molecule has 0 aliphatic heterocycles. The van der Waals surface area contributed by atoms with Crippen LogP contribution < -0.4 is 20.1 Å². The van der Waals surface area contributed by atoms with Gasteiger partial charge in [-0.1, -0.05) is 6.07 Å². The molecular weight excluding hydrogens is 292 g/mol. The van der Waals surface area contributed by atoms with Gasteiger partial charge in [-0.3, -0.25) is 4.79 Å². The molecule has 5 nitrogen and oxygen atoms in total. The minimum Gasteiger partial charge on any atom is -0.493 e. The predicted octanol–water partition coefficient (Wildman–Crippen LogP) is 2.63. The van der Waals surface area contributed by atoms with Gasteiger partial charge in [0.25, 0.3) is 0 Å². The SMILES string of the molecule is CNCCCC(=O)NCc1ccc(OC)c(OC2CCCC2)c1. The molecule has 1 saturated carbocycles. The van der Waals surface area contributed by atoms with Crippen molar-refractivity contribution in [1.82, 2.24) is 10.6 Å². The van der Waals surface area contributed by atoms with E-state index in [2.05, 4.69) is 10.6 Å². The zero-order valence-electron chi connectivity index (χ0n) is 14.2. The van der Waals surface area contributed by atoms with Crippen LogP contribution in [0.5, 0.6) is 11.5 Å². The molecule has 1 aromatic carbocycles. The van der Waals surface area contributed by atoms with E-state index in [-0.39, 0.29) is 12.0 Å². The summed E-state index contributed by atoms with van der Waals surface area (Å²) in [4.78, 5) is 11.8. The van der Waals surface area contributed by atoms with E-state index in [9.17, 15) is 4.79 Å². The number of ether oxygens (including phenoxy) is 2. The Morgan fingerprint density at radius 1 is 1.26 bits per heavy atom. The molecule has 1 fully saturated rings. The van der Waals surface area contributed by atoms with Gasteiger partial charge in [0.1, 0.15) is 0 Å². The molecule has 1 aromatic rings. The molecule has 5 heteroatoms. The van der Waals surface area contributed by atoms with Crippen molar-refractivity contribution in [3.8, 4) is 11.5 Å². The van der Waals surface area contributed by atoms with Crippen molar-refractivity contribution in [3.05, 3.63) is 23.8 Å². The fourth-order valence-corrected chi connectivity index (χ4v) is 2.82. The Morgan fingerprint density at radius 2 is 2.04 bits per heavy atom. The van der Waals surface area contributed by atoms with Crippen LogP contribution in [0, 0.1) is 0 Å². The summed E-state index contributed by atoms with van der Waals surface area (Å²) in [7, 11) is 3.54. The lowest BCUT2D eigenvalue weighted by molar-refractivity contribution is -0.121. The molecule has 0 heterocycles. The quantitative estimate of drug-likeness (QED) is 0.687. The maximum absolute atomic E-state index is 11.8. The third-order valence-corrected chi connectivity index (χ3v) is 4.14. The molecule has 0 aromatic heterocycles. The van der Waals surface area contributed by atoms with Crippen LogP contribution in [0.1, 0.15) is 44.1 Å². The van der Waals surface area contributed by atoms with E-state index in [1.165, 1.54) is 12.8 Å². The summed E-state index contributed by atoms with van der Waals surface area (Å²) >= 11 is 0. The maximum Gasteiger partial charge on any atom is 0.220 e. The Labute approximate surface area is 138 Å². The van der Waals surface area contributed by atoms with E-state index in [0.29, 0.717) is 13.0 Å². The zero-order chi connectivity index (χ0) is 16.5. The van der Waals surface area contributed by atoms with Crippen LogP contribution in [0.15, 0.2) is 18.2 Å². The molecule has 0 saturated heterocycles. The summed E-state index contributed by atoms with van der Waals surface area (Å²) in [5.74, 6) is 1.61. The lowest BCUT2D eigenvalue weighted by Gasteiger charge is -2.17. The Bertz CT molecular complexity index is 499. The number of benzene rings is 1. The first-order valence-electron chi connectivity index (χ1n) is 8.48. The maximum atomic E-state index is 11.8. The van der Waals surface area contributed by atoms with Crippen molar-refractivity contribution in [2.45, 2.75) is 51.2 Å².